The largest absolute Gasteiger partial charge is 0.491 e. The Hall–Kier alpha value is -2.04. The molecule has 0 heterocycles. The molecule has 2 rings (SSSR count). The Morgan fingerprint density at radius 2 is 1.89 bits per heavy atom. The molecule has 0 unspecified atom stereocenters. The zero-order valence-electron chi connectivity index (χ0n) is 17.3. The number of aliphatic carboxylic acids is 1. The topological polar surface area (TPSA) is 75.6 Å². The van der Waals surface area contributed by atoms with E-state index in [1.54, 1.807) is 0 Å². The molecule has 1 aromatic carbocycles. The van der Waals surface area contributed by atoms with Crippen LogP contribution < -0.4 is 10.1 Å². The normalized spacial score (nSPS) is 19.2. The molecule has 1 fully saturated rings. The molecule has 0 aromatic heterocycles. The third-order valence-corrected chi connectivity index (χ3v) is 5.57. The van der Waals surface area contributed by atoms with Gasteiger partial charge in [0.2, 0.25) is 5.91 Å². The van der Waals surface area contributed by atoms with Crippen molar-refractivity contribution in [1.29, 1.82) is 0 Å². The van der Waals surface area contributed by atoms with Gasteiger partial charge in [0.15, 0.2) is 0 Å². The fraction of sp³-hybridized carbons (Fsp3) is 0.652. The van der Waals surface area contributed by atoms with E-state index >= 15 is 0 Å². The van der Waals surface area contributed by atoms with Gasteiger partial charge in [-0.3, -0.25) is 9.59 Å². The number of hydrogen-bond acceptors (Lipinski definition) is 3. The Balaban J connectivity index is 2.00. The van der Waals surface area contributed by atoms with E-state index in [9.17, 15) is 9.59 Å². The van der Waals surface area contributed by atoms with Gasteiger partial charge in [-0.05, 0) is 62.1 Å². The van der Waals surface area contributed by atoms with E-state index in [1.165, 1.54) is 19.3 Å². The van der Waals surface area contributed by atoms with Gasteiger partial charge in [0.05, 0.1) is 12.3 Å². The fourth-order valence-corrected chi connectivity index (χ4v) is 3.86. The molecule has 0 bridgehead atoms. The van der Waals surface area contributed by atoms with Crippen LogP contribution in [0.3, 0.4) is 0 Å². The average molecular weight is 390 g/mol. The van der Waals surface area contributed by atoms with Crippen LogP contribution in [0.5, 0.6) is 5.75 Å². The first-order valence-corrected chi connectivity index (χ1v) is 10.8. The molecule has 5 heteroatoms. The van der Waals surface area contributed by atoms with Gasteiger partial charge in [-0.2, -0.15) is 0 Å². The number of rotatable bonds is 11. The van der Waals surface area contributed by atoms with Gasteiger partial charge in [0.25, 0.3) is 0 Å². The number of hydrogen-bond donors (Lipinski definition) is 2. The molecule has 1 amide bonds. The number of unbranched alkanes of at least 4 members (excludes halogenated alkanes) is 1. The molecule has 5 nitrogen and oxygen atoms in total. The van der Waals surface area contributed by atoms with Gasteiger partial charge < -0.3 is 15.2 Å². The van der Waals surface area contributed by atoms with Gasteiger partial charge in [-0.1, -0.05) is 39.2 Å². The standard InChI is InChI=1S/C23H35NO4/c1-3-5-6-17-7-11-19(12-8-17)23(27)24-20-16-18(10-14-22(25)26)9-13-21(20)28-15-4-2/h9,13,16-17,19H,3-8,10-12,14-15H2,1-2H3,(H,24,27)(H,25,26). The van der Waals surface area contributed by atoms with Crippen LogP contribution in [0, 0.1) is 11.8 Å². The maximum absolute atomic E-state index is 12.8. The van der Waals surface area contributed by atoms with Crippen molar-refractivity contribution >= 4 is 17.6 Å². The number of ether oxygens (including phenoxy) is 1. The summed E-state index contributed by atoms with van der Waals surface area (Å²) < 4.78 is 5.79. The van der Waals surface area contributed by atoms with Crippen molar-refractivity contribution in [3.05, 3.63) is 23.8 Å². The molecule has 1 aromatic rings. The minimum atomic E-state index is -0.822. The van der Waals surface area contributed by atoms with Crippen LogP contribution in [0.15, 0.2) is 18.2 Å². The molecular weight excluding hydrogens is 354 g/mol. The molecule has 1 saturated carbocycles. The molecule has 2 N–H and O–H groups in total. The predicted octanol–water partition coefficient (Wildman–Crippen LogP) is 5.43. The van der Waals surface area contributed by atoms with Crippen molar-refractivity contribution in [2.45, 2.75) is 78.1 Å². The van der Waals surface area contributed by atoms with Gasteiger partial charge in [0.1, 0.15) is 5.75 Å². The van der Waals surface area contributed by atoms with Crippen LogP contribution in [0.1, 0.15) is 77.2 Å². The van der Waals surface area contributed by atoms with E-state index in [0.717, 1.165) is 43.6 Å². The molecule has 1 aliphatic rings. The third kappa shape index (κ3) is 7.17. The SMILES string of the molecule is CCCCC1CCC(C(=O)Nc2cc(CCC(=O)O)ccc2OCCC)CC1. The minimum Gasteiger partial charge on any atom is -0.491 e. The first-order valence-electron chi connectivity index (χ1n) is 10.8. The summed E-state index contributed by atoms with van der Waals surface area (Å²) >= 11 is 0. The smallest absolute Gasteiger partial charge is 0.303 e. The lowest BCUT2D eigenvalue weighted by Crippen LogP contribution is -2.27. The van der Waals surface area contributed by atoms with Crippen LogP contribution in [0.4, 0.5) is 5.69 Å². The second-order valence-corrected chi connectivity index (χ2v) is 7.92. The predicted molar refractivity (Wildman–Crippen MR) is 112 cm³/mol. The number of benzene rings is 1. The third-order valence-electron chi connectivity index (χ3n) is 5.57. The molecule has 1 aliphatic carbocycles. The summed E-state index contributed by atoms with van der Waals surface area (Å²) in [6.45, 7) is 4.85. The highest BCUT2D eigenvalue weighted by atomic mass is 16.5. The second-order valence-electron chi connectivity index (χ2n) is 7.92. The second kappa shape index (κ2) is 11.7. The number of aryl methyl sites for hydroxylation is 1. The van der Waals surface area contributed by atoms with Crippen molar-refractivity contribution in [3.8, 4) is 5.75 Å². The van der Waals surface area contributed by atoms with Gasteiger partial charge in [-0.25, -0.2) is 0 Å². The first kappa shape index (κ1) is 22.3. The maximum Gasteiger partial charge on any atom is 0.303 e. The summed E-state index contributed by atoms with van der Waals surface area (Å²) in [4.78, 5) is 23.7. The van der Waals surface area contributed by atoms with Crippen LogP contribution in [-0.4, -0.2) is 23.6 Å². The Morgan fingerprint density at radius 3 is 2.54 bits per heavy atom. The van der Waals surface area contributed by atoms with E-state index in [2.05, 4.69) is 12.2 Å². The zero-order chi connectivity index (χ0) is 20.4. The fourth-order valence-electron chi connectivity index (χ4n) is 3.86. The number of carbonyl (C=O) groups is 2. The van der Waals surface area contributed by atoms with Gasteiger partial charge in [-0.15, -0.1) is 0 Å². The molecule has 0 spiro atoms. The van der Waals surface area contributed by atoms with E-state index < -0.39 is 5.97 Å². The molecular formula is C23H35NO4. The van der Waals surface area contributed by atoms with Crippen LogP contribution in [-0.2, 0) is 16.0 Å². The van der Waals surface area contributed by atoms with E-state index in [-0.39, 0.29) is 18.2 Å². The zero-order valence-corrected chi connectivity index (χ0v) is 17.3. The lowest BCUT2D eigenvalue weighted by atomic mass is 9.79. The van der Waals surface area contributed by atoms with E-state index in [0.29, 0.717) is 24.5 Å². The number of anilines is 1. The summed E-state index contributed by atoms with van der Waals surface area (Å²) in [5.41, 5.74) is 1.55. The van der Waals surface area contributed by atoms with Crippen LogP contribution >= 0.6 is 0 Å². The van der Waals surface area contributed by atoms with Crippen molar-refractivity contribution in [3.63, 3.8) is 0 Å². The molecule has 0 radical (unpaired) electrons. The summed E-state index contributed by atoms with van der Waals surface area (Å²) in [7, 11) is 0. The number of nitrogens with one attached hydrogen (secondary N) is 1. The van der Waals surface area contributed by atoms with Gasteiger partial charge in [0, 0.05) is 12.3 Å². The monoisotopic (exact) mass is 389 g/mol. The van der Waals surface area contributed by atoms with E-state index in [1.807, 2.05) is 25.1 Å². The lowest BCUT2D eigenvalue weighted by molar-refractivity contribution is -0.137. The van der Waals surface area contributed by atoms with Crippen molar-refractivity contribution in [2.24, 2.45) is 11.8 Å². The summed E-state index contributed by atoms with van der Waals surface area (Å²) in [6.07, 6.45) is 9.36. The van der Waals surface area contributed by atoms with Crippen molar-refractivity contribution in [2.75, 3.05) is 11.9 Å². The van der Waals surface area contributed by atoms with Crippen LogP contribution in [0.25, 0.3) is 0 Å². The lowest BCUT2D eigenvalue weighted by Gasteiger charge is -2.28. The maximum atomic E-state index is 12.8. The molecule has 0 aliphatic heterocycles. The quantitative estimate of drug-likeness (QED) is 0.529. The summed E-state index contributed by atoms with van der Waals surface area (Å²) in [5.74, 6) is 0.722. The van der Waals surface area contributed by atoms with E-state index in [4.69, 9.17) is 9.84 Å². The number of amides is 1. The van der Waals surface area contributed by atoms with Crippen LogP contribution in [0.2, 0.25) is 0 Å². The summed E-state index contributed by atoms with van der Waals surface area (Å²) in [5, 5.41) is 12.0. The van der Waals surface area contributed by atoms with Crippen molar-refractivity contribution < 1.29 is 19.4 Å². The number of carboxylic acids is 1. The highest BCUT2D eigenvalue weighted by molar-refractivity contribution is 5.94. The summed E-state index contributed by atoms with van der Waals surface area (Å²) in [6, 6.07) is 5.57. The first-order chi connectivity index (χ1) is 13.5. The molecule has 28 heavy (non-hydrogen) atoms. The number of carboxylic acid groups (broad SMARTS) is 1. The number of carbonyl (C=O) groups excluding carboxylic acids is 1. The Kier molecular flexibility index (Phi) is 9.32. The minimum absolute atomic E-state index is 0.0552. The van der Waals surface area contributed by atoms with Crippen molar-refractivity contribution in [1.82, 2.24) is 0 Å². The van der Waals surface area contributed by atoms with Gasteiger partial charge >= 0.3 is 5.97 Å². The molecule has 156 valence electrons. The highest BCUT2D eigenvalue weighted by Crippen LogP contribution is 2.34. The Bertz CT molecular complexity index is 635. The Labute approximate surface area is 168 Å². The Morgan fingerprint density at radius 1 is 1.14 bits per heavy atom. The average Bonchev–Trinajstić information content (AvgIpc) is 2.70. The molecule has 0 atom stereocenters. The highest BCUT2D eigenvalue weighted by Gasteiger charge is 2.26. The molecule has 0 saturated heterocycles.